The fourth-order valence-electron chi connectivity index (χ4n) is 3.37. The maximum atomic E-state index is 3.47. The van der Waals surface area contributed by atoms with E-state index in [1.54, 1.807) is 0 Å². The molecule has 1 atom stereocenters. The highest BCUT2D eigenvalue weighted by atomic mass is 14.9. The normalized spacial score (nSPS) is 19.8. The smallest absolute Gasteiger partial charge is 0.0512 e. The van der Waals surface area contributed by atoms with Gasteiger partial charge in [-0.2, -0.15) is 0 Å². The van der Waals surface area contributed by atoms with Crippen molar-refractivity contribution in [3.8, 4) is 0 Å². The van der Waals surface area contributed by atoms with Gasteiger partial charge < -0.3 is 9.88 Å². The van der Waals surface area contributed by atoms with E-state index in [1.165, 1.54) is 53.5 Å². The molecular formula is C16H22N2. The molecule has 18 heavy (non-hydrogen) atoms. The Balaban J connectivity index is 2.09. The summed E-state index contributed by atoms with van der Waals surface area (Å²) in [6.07, 6.45) is 4.87. The van der Waals surface area contributed by atoms with Gasteiger partial charge in [0, 0.05) is 18.6 Å². The molecule has 0 radical (unpaired) electrons. The number of hydrogen-bond donors (Lipinski definition) is 1. The van der Waals surface area contributed by atoms with E-state index in [0.717, 1.165) is 5.92 Å². The monoisotopic (exact) mass is 242 g/mol. The summed E-state index contributed by atoms with van der Waals surface area (Å²) >= 11 is 0. The third kappa shape index (κ3) is 1.85. The van der Waals surface area contributed by atoms with Gasteiger partial charge >= 0.3 is 0 Å². The molecule has 2 nitrogen and oxygen atoms in total. The molecule has 1 N–H and O–H groups in total. The molecule has 0 aliphatic carbocycles. The maximum absolute atomic E-state index is 3.47. The van der Waals surface area contributed by atoms with Gasteiger partial charge in [0.2, 0.25) is 0 Å². The summed E-state index contributed by atoms with van der Waals surface area (Å²) < 4.78 is 2.30. The Morgan fingerprint density at radius 2 is 2.06 bits per heavy atom. The number of nitrogens with zero attached hydrogens (tertiary/aromatic N) is 1. The molecule has 3 rings (SSSR count). The molecule has 2 heteroatoms. The highest BCUT2D eigenvalue weighted by Gasteiger charge is 2.18. The van der Waals surface area contributed by atoms with E-state index in [-0.39, 0.29) is 0 Å². The lowest BCUT2D eigenvalue weighted by Crippen LogP contribution is -2.10. The summed E-state index contributed by atoms with van der Waals surface area (Å²) in [5, 5.41) is 4.96. The second kappa shape index (κ2) is 4.43. The number of aryl methyl sites for hydroxylation is 3. The lowest BCUT2D eigenvalue weighted by molar-refractivity contribution is 0.581. The molecule has 1 aromatic carbocycles. The summed E-state index contributed by atoms with van der Waals surface area (Å²) in [7, 11) is 2.17. The zero-order chi connectivity index (χ0) is 12.7. The van der Waals surface area contributed by atoms with Crippen LogP contribution in [-0.4, -0.2) is 17.7 Å². The standard InChI is InChI=1S/C16H22N2/c1-11-4-5-12(2)16-15(11)14(10-18(16)3)8-13-6-7-17-9-13/h4-5,10,13,17H,6-9H2,1-3H3. The Bertz CT molecular complexity index is 574. The fourth-order valence-corrected chi connectivity index (χ4v) is 3.37. The van der Waals surface area contributed by atoms with Crippen molar-refractivity contribution in [3.05, 3.63) is 35.0 Å². The number of benzene rings is 1. The van der Waals surface area contributed by atoms with Crippen molar-refractivity contribution in [3.63, 3.8) is 0 Å². The average Bonchev–Trinajstić information content (AvgIpc) is 2.93. The van der Waals surface area contributed by atoms with E-state index in [9.17, 15) is 0 Å². The van der Waals surface area contributed by atoms with Crippen molar-refractivity contribution in [2.75, 3.05) is 13.1 Å². The van der Waals surface area contributed by atoms with Gasteiger partial charge in [0.05, 0.1) is 5.52 Å². The van der Waals surface area contributed by atoms with Gasteiger partial charge in [0.25, 0.3) is 0 Å². The van der Waals surface area contributed by atoms with Crippen LogP contribution in [0.3, 0.4) is 0 Å². The fraction of sp³-hybridized carbons (Fsp3) is 0.500. The van der Waals surface area contributed by atoms with Crippen LogP contribution in [0.25, 0.3) is 10.9 Å². The minimum Gasteiger partial charge on any atom is -0.350 e. The van der Waals surface area contributed by atoms with Crippen LogP contribution in [-0.2, 0) is 13.5 Å². The van der Waals surface area contributed by atoms with Crippen molar-refractivity contribution in [1.29, 1.82) is 0 Å². The van der Waals surface area contributed by atoms with E-state index in [0.29, 0.717) is 0 Å². The zero-order valence-corrected chi connectivity index (χ0v) is 11.6. The molecular weight excluding hydrogens is 220 g/mol. The molecule has 2 heterocycles. The van der Waals surface area contributed by atoms with Gasteiger partial charge in [-0.3, -0.25) is 0 Å². The van der Waals surface area contributed by atoms with Crippen LogP contribution >= 0.6 is 0 Å². The Morgan fingerprint density at radius 1 is 1.28 bits per heavy atom. The minimum atomic E-state index is 0.815. The molecule has 0 spiro atoms. The Kier molecular flexibility index (Phi) is 2.90. The molecule has 1 aliphatic heterocycles. The largest absolute Gasteiger partial charge is 0.350 e. The highest BCUT2D eigenvalue weighted by Crippen LogP contribution is 2.29. The second-order valence-corrected chi connectivity index (χ2v) is 5.75. The zero-order valence-electron chi connectivity index (χ0n) is 11.6. The molecule has 0 saturated carbocycles. The summed E-state index contributed by atoms with van der Waals surface area (Å²) in [5.74, 6) is 0.815. The van der Waals surface area contributed by atoms with E-state index in [1.807, 2.05) is 0 Å². The van der Waals surface area contributed by atoms with Gasteiger partial charge in [-0.25, -0.2) is 0 Å². The molecule has 0 bridgehead atoms. The summed E-state index contributed by atoms with van der Waals surface area (Å²) in [4.78, 5) is 0. The molecule has 2 aromatic rings. The van der Waals surface area contributed by atoms with Gasteiger partial charge in [0.15, 0.2) is 0 Å². The van der Waals surface area contributed by atoms with Crippen LogP contribution in [0.4, 0.5) is 0 Å². The predicted octanol–water partition coefficient (Wildman–Crippen LogP) is 2.95. The molecule has 1 aliphatic rings. The van der Waals surface area contributed by atoms with Crippen LogP contribution in [0, 0.1) is 19.8 Å². The summed E-state index contributed by atoms with van der Waals surface area (Å²) in [6.45, 7) is 6.82. The molecule has 1 saturated heterocycles. The number of aromatic nitrogens is 1. The van der Waals surface area contributed by atoms with Crippen molar-refractivity contribution in [2.45, 2.75) is 26.7 Å². The number of rotatable bonds is 2. The van der Waals surface area contributed by atoms with Gasteiger partial charge in [-0.15, -0.1) is 0 Å². The quantitative estimate of drug-likeness (QED) is 0.856. The van der Waals surface area contributed by atoms with E-state index in [2.05, 4.69) is 49.1 Å². The molecule has 96 valence electrons. The third-order valence-electron chi connectivity index (χ3n) is 4.28. The first-order valence-corrected chi connectivity index (χ1v) is 6.91. The van der Waals surface area contributed by atoms with Crippen LogP contribution in [0.2, 0.25) is 0 Å². The second-order valence-electron chi connectivity index (χ2n) is 5.75. The van der Waals surface area contributed by atoms with Crippen molar-refractivity contribution < 1.29 is 0 Å². The Hall–Kier alpha value is -1.28. The lowest BCUT2D eigenvalue weighted by atomic mass is 9.96. The van der Waals surface area contributed by atoms with Crippen molar-refractivity contribution in [1.82, 2.24) is 9.88 Å². The number of nitrogens with one attached hydrogen (secondary N) is 1. The highest BCUT2D eigenvalue weighted by molar-refractivity contribution is 5.89. The molecule has 1 unspecified atom stereocenters. The van der Waals surface area contributed by atoms with Crippen molar-refractivity contribution >= 4 is 10.9 Å². The van der Waals surface area contributed by atoms with Gasteiger partial charge in [-0.05, 0) is 62.4 Å². The lowest BCUT2D eigenvalue weighted by Gasteiger charge is -2.08. The number of fused-ring (bicyclic) bond motifs is 1. The third-order valence-corrected chi connectivity index (χ3v) is 4.28. The van der Waals surface area contributed by atoms with Crippen molar-refractivity contribution in [2.24, 2.45) is 13.0 Å². The van der Waals surface area contributed by atoms with E-state index in [4.69, 9.17) is 0 Å². The van der Waals surface area contributed by atoms with Crippen LogP contribution < -0.4 is 5.32 Å². The Labute approximate surface area is 109 Å². The first-order valence-electron chi connectivity index (χ1n) is 6.91. The summed E-state index contributed by atoms with van der Waals surface area (Å²) in [6, 6.07) is 4.49. The van der Waals surface area contributed by atoms with E-state index < -0.39 is 0 Å². The summed E-state index contributed by atoms with van der Waals surface area (Å²) in [5.41, 5.74) is 5.74. The van der Waals surface area contributed by atoms with E-state index >= 15 is 0 Å². The Morgan fingerprint density at radius 3 is 2.78 bits per heavy atom. The minimum absolute atomic E-state index is 0.815. The SMILES string of the molecule is Cc1ccc(C)c2c1c(CC1CCNC1)cn2C. The topological polar surface area (TPSA) is 17.0 Å². The predicted molar refractivity (Wildman–Crippen MR) is 77.1 cm³/mol. The maximum Gasteiger partial charge on any atom is 0.0512 e. The van der Waals surface area contributed by atoms with Gasteiger partial charge in [-0.1, -0.05) is 12.1 Å². The average molecular weight is 242 g/mol. The molecule has 1 fully saturated rings. The van der Waals surface area contributed by atoms with Crippen LogP contribution in [0.5, 0.6) is 0 Å². The molecule has 0 amide bonds. The molecule has 1 aromatic heterocycles. The van der Waals surface area contributed by atoms with Crippen LogP contribution in [0.15, 0.2) is 18.3 Å². The first kappa shape index (κ1) is 11.8. The first-order chi connectivity index (χ1) is 8.66. The number of hydrogen-bond acceptors (Lipinski definition) is 1. The van der Waals surface area contributed by atoms with Crippen LogP contribution in [0.1, 0.15) is 23.1 Å². The van der Waals surface area contributed by atoms with Gasteiger partial charge in [0.1, 0.15) is 0 Å².